The van der Waals surface area contributed by atoms with Gasteiger partial charge in [0, 0.05) is 35.8 Å². The van der Waals surface area contributed by atoms with Gasteiger partial charge in [0.1, 0.15) is 18.1 Å². The maximum Gasteiger partial charge on any atom is 0.341 e. The molecule has 0 heterocycles. The molecule has 0 unspecified atom stereocenters. The summed E-state index contributed by atoms with van der Waals surface area (Å²) >= 11 is 6.18. The molecule has 0 saturated heterocycles. The molecule has 0 aliphatic rings. The van der Waals surface area contributed by atoms with Gasteiger partial charge >= 0.3 is 5.97 Å². The van der Waals surface area contributed by atoms with Crippen LogP contribution in [0.25, 0.3) is 5.57 Å². The van der Waals surface area contributed by atoms with E-state index in [4.69, 9.17) is 26.2 Å². The number of carbonyl (C=O) groups is 2. The van der Waals surface area contributed by atoms with Crippen molar-refractivity contribution in [3.63, 3.8) is 0 Å². The van der Waals surface area contributed by atoms with Crippen molar-refractivity contribution in [1.82, 2.24) is 4.90 Å². The van der Waals surface area contributed by atoms with Crippen molar-refractivity contribution in [2.24, 2.45) is 0 Å². The summed E-state index contributed by atoms with van der Waals surface area (Å²) in [6.07, 6.45) is 1.56. The molecular formula is C23H26ClNO5. The zero-order valence-corrected chi connectivity index (χ0v) is 18.1. The predicted octanol–water partition coefficient (Wildman–Crippen LogP) is 4.65. The summed E-state index contributed by atoms with van der Waals surface area (Å²) in [7, 11) is 0. The molecule has 2 rings (SSSR count). The van der Waals surface area contributed by atoms with E-state index in [-0.39, 0.29) is 12.5 Å². The standard InChI is InChI=1S/C23H26ClNO5/c1-4-25(5-2)22(26)10-16(3)18-11-19(13-20(12-18)30-15-23(27)28)29-14-17-8-6-7-9-21(17)24/h6-13H,4-5,14-15H2,1-3H3,(H,27,28). The zero-order chi connectivity index (χ0) is 22.1. The summed E-state index contributed by atoms with van der Waals surface area (Å²) in [4.78, 5) is 25.0. The van der Waals surface area contributed by atoms with Crippen molar-refractivity contribution in [1.29, 1.82) is 0 Å². The Kier molecular flexibility index (Phi) is 8.74. The number of amides is 1. The molecule has 0 radical (unpaired) electrons. The highest BCUT2D eigenvalue weighted by Gasteiger charge is 2.11. The second-order valence-corrected chi connectivity index (χ2v) is 7.00. The molecule has 0 aliphatic carbocycles. The normalized spacial score (nSPS) is 11.1. The summed E-state index contributed by atoms with van der Waals surface area (Å²) in [6, 6.07) is 12.4. The third-order valence-electron chi connectivity index (χ3n) is 4.46. The molecule has 6 nitrogen and oxygen atoms in total. The Bertz CT molecular complexity index is 922. The molecule has 2 aromatic carbocycles. The smallest absolute Gasteiger partial charge is 0.341 e. The molecule has 0 spiro atoms. The van der Waals surface area contributed by atoms with Gasteiger partial charge in [-0.05, 0) is 50.1 Å². The first-order valence-corrected chi connectivity index (χ1v) is 10.0. The van der Waals surface area contributed by atoms with Crippen molar-refractivity contribution in [3.05, 3.63) is 64.7 Å². The molecule has 160 valence electrons. The number of hydrogen-bond acceptors (Lipinski definition) is 4. The molecule has 0 aromatic heterocycles. The summed E-state index contributed by atoms with van der Waals surface area (Å²) in [5, 5.41) is 9.50. The van der Waals surface area contributed by atoms with E-state index in [2.05, 4.69) is 0 Å². The molecule has 0 fully saturated rings. The topological polar surface area (TPSA) is 76.1 Å². The van der Waals surface area contributed by atoms with Gasteiger partial charge in [0.15, 0.2) is 6.61 Å². The fraction of sp³-hybridized carbons (Fsp3) is 0.304. The third-order valence-corrected chi connectivity index (χ3v) is 4.83. The molecule has 7 heteroatoms. The second kappa shape index (κ2) is 11.3. The lowest BCUT2D eigenvalue weighted by molar-refractivity contribution is -0.139. The van der Waals surface area contributed by atoms with Crippen LogP contribution in [0.4, 0.5) is 0 Å². The fourth-order valence-corrected chi connectivity index (χ4v) is 2.97. The number of ether oxygens (including phenoxy) is 2. The van der Waals surface area contributed by atoms with E-state index in [1.807, 2.05) is 39.0 Å². The van der Waals surface area contributed by atoms with Crippen LogP contribution in [-0.4, -0.2) is 41.6 Å². The number of rotatable bonds is 10. The maximum absolute atomic E-state index is 12.4. The number of carboxylic acids is 1. The molecule has 30 heavy (non-hydrogen) atoms. The second-order valence-electron chi connectivity index (χ2n) is 6.59. The average Bonchev–Trinajstić information content (AvgIpc) is 2.72. The summed E-state index contributed by atoms with van der Waals surface area (Å²) in [6.45, 7) is 6.66. The van der Waals surface area contributed by atoms with Crippen LogP contribution >= 0.6 is 11.6 Å². The number of aliphatic carboxylic acids is 1. The Morgan fingerprint density at radius 1 is 1.07 bits per heavy atom. The van der Waals surface area contributed by atoms with Gasteiger partial charge in [0.05, 0.1) is 0 Å². The first-order chi connectivity index (χ1) is 14.3. The first kappa shape index (κ1) is 23.3. The van der Waals surface area contributed by atoms with E-state index in [1.165, 1.54) is 0 Å². The average molecular weight is 432 g/mol. The Labute approximate surface area is 181 Å². The molecule has 1 N–H and O–H groups in total. The number of halogens is 1. The van der Waals surface area contributed by atoms with Crippen LogP contribution in [0, 0.1) is 0 Å². The molecule has 0 aliphatic heterocycles. The fourth-order valence-electron chi connectivity index (χ4n) is 2.78. The number of benzene rings is 2. The van der Waals surface area contributed by atoms with E-state index in [0.29, 0.717) is 35.2 Å². The van der Waals surface area contributed by atoms with Gasteiger partial charge in [0.2, 0.25) is 5.91 Å². The Morgan fingerprint density at radius 3 is 2.30 bits per heavy atom. The lowest BCUT2D eigenvalue weighted by Gasteiger charge is -2.17. The number of nitrogens with zero attached hydrogens (tertiary/aromatic N) is 1. The van der Waals surface area contributed by atoms with Crippen LogP contribution in [0.5, 0.6) is 11.5 Å². The van der Waals surface area contributed by atoms with Gasteiger partial charge in [-0.1, -0.05) is 29.8 Å². The SMILES string of the molecule is CCN(CC)C(=O)C=C(C)c1cc(OCC(=O)O)cc(OCc2ccccc2Cl)c1. The van der Waals surface area contributed by atoms with Gasteiger partial charge in [0.25, 0.3) is 0 Å². The van der Waals surface area contributed by atoms with E-state index in [1.54, 1.807) is 35.2 Å². The Morgan fingerprint density at radius 2 is 1.70 bits per heavy atom. The minimum atomic E-state index is -1.08. The Balaban J connectivity index is 2.30. The summed E-state index contributed by atoms with van der Waals surface area (Å²) in [5.41, 5.74) is 2.24. The van der Waals surface area contributed by atoms with Crippen LogP contribution in [-0.2, 0) is 16.2 Å². The van der Waals surface area contributed by atoms with E-state index in [0.717, 1.165) is 11.1 Å². The molecular weight excluding hydrogens is 406 g/mol. The maximum atomic E-state index is 12.4. The van der Waals surface area contributed by atoms with Crippen LogP contribution in [0.1, 0.15) is 31.9 Å². The van der Waals surface area contributed by atoms with Crippen molar-refractivity contribution < 1.29 is 24.2 Å². The first-order valence-electron chi connectivity index (χ1n) is 9.67. The van der Waals surface area contributed by atoms with Gasteiger partial charge in [-0.25, -0.2) is 4.79 Å². The van der Waals surface area contributed by atoms with Crippen LogP contribution in [0.15, 0.2) is 48.5 Å². The molecule has 1 amide bonds. The van der Waals surface area contributed by atoms with Gasteiger partial charge in [-0.2, -0.15) is 0 Å². The monoisotopic (exact) mass is 431 g/mol. The number of carboxylic acid groups (broad SMARTS) is 1. The molecule has 0 saturated carbocycles. The highest BCUT2D eigenvalue weighted by molar-refractivity contribution is 6.31. The predicted molar refractivity (Wildman–Crippen MR) is 117 cm³/mol. The summed E-state index contributed by atoms with van der Waals surface area (Å²) in [5.74, 6) is -0.348. The minimum Gasteiger partial charge on any atom is -0.489 e. The molecule has 0 bridgehead atoms. The van der Waals surface area contributed by atoms with Gasteiger partial charge < -0.3 is 19.5 Å². The van der Waals surface area contributed by atoms with Gasteiger partial charge in [-0.3, -0.25) is 4.79 Å². The van der Waals surface area contributed by atoms with Crippen molar-refractivity contribution >= 4 is 29.1 Å². The minimum absolute atomic E-state index is 0.0899. The van der Waals surface area contributed by atoms with E-state index >= 15 is 0 Å². The largest absolute Gasteiger partial charge is 0.489 e. The lowest BCUT2D eigenvalue weighted by atomic mass is 10.1. The highest BCUT2D eigenvalue weighted by Crippen LogP contribution is 2.28. The van der Waals surface area contributed by atoms with Crippen LogP contribution in [0.2, 0.25) is 5.02 Å². The summed E-state index contributed by atoms with van der Waals surface area (Å²) < 4.78 is 11.2. The lowest BCUT2D eigenvalue weighted by Crippen LogP contribution is -2.28. The van der Waals surface area contributed by atoms with Crippen molar-refractivity contribution in [2.75, 3.05) is 19.7 Å². The van der Waals surface area contributed by atoms with Crippen LogP contribution < -0.4 is 9.47 Å². The Hall–Kier alpha value is -2.99. The van der Waals surface area contributed by atoms with Crippen LogP contribution in [0.3, 0.4) is 0 Å². The quantitative estimate of drug-likeness (QED) is 0.554. The zero-order valence-electron chi connectivity index (χ0n) is 17.4. The number of likely N-dealkylation sites (N-methyl/N-ethyl adjacent to an activating group) is 1. The number of carbonyl (C=O) groups excluding carboxylic acids is 1. The molecule has 2 aromatic rings. The third kappa shape index (κ3) is 6.81. The molecule has 0 atom stereocenters. The van der Waals surface area contributed by atoms with Crippen molar-refractivity contribution in [2.45, 2.75) is 27.4 Å². The van der Waals surface area contributed by atoms with E-state index < -0.39 is 12.6 Å². The van der Waals surface area contributed by atoms with Gasteiger partial charge in [-0.15, -0.1) is 0 Å². The van der Waals surface area contributed by atoms with E-state index in [9.17, 15) is 9.59 Å². The number of allylic oxidation sites excluding steroid dienone is 1. The van der Waals surface area contributed by atoms with Crippen molar-refractivity contribution in [3.8, 4) is 11.5 Å². The highest BCUT2D eigenvalue weighted by atomic mass is 35.5. The number of hydrogen-bond donors (Lipinski definition) is 1.